The van der Waals surface area contributed by atoms with E-state index in [0.717, 1.165) is 12.8 Å². The Morgan fingerprint density at radius 2 is 1.48 bits per heavy atom. The molecule has 1 heterocycles. The second-order valence-electron chi connectivity index (χ2n) is 5.83. The Bertz CT molecular complexity index is 877. The Labute approximate surface area is 147 Å². The molecular formula is C18H20FNO4S. The van der Waals surface area contributed by atoms with Crippen LogP contribution in [0.5, 0.6) is 11.5 Å². The van der Waals surface area contributed by atoms with E-state index in [4.69, 9.17) is 9.47 Å². The van der Waals surface area contributed by atoms with E-state index in [1.807, 2.05) is 0 Å². The Balaban J connectivity index is 2.07. The van der Waals surface area contributed by atoms with Crippen molar-refractivity contribution in [2.75, 3.05) is 27.3 Å². The minimum absolute atomic E-state index is 0.102. The van der Waals surface area contributed by atoms with Gasteiger partial charge < -0.3 is 9.47 Å². The van der Waals surface area contributed by atoms with E-state index >= 15 is 0 Å². The highest BCUT2D eigenvalue weighted by Gasteiger charge is 2.30. The minimum Gasteiger partial charge on any atom is -0.495 e. The fraction of sp³-hybridized carbons (Fsp3) is 0.333. The molecule has 5 nitrogen and oxygen atoms in total. The van der Waals surface area contributed by atoms with Gasteiger partial charge in [0.05, 0.1) is 14.2 Å². The third-order valence-electron chi connectivity index (χ3n) is 4.33. The zero-order valence-electron chi connectivity index (χ0n) is 14.2. The average Bonchev–Trinajstić information content (AvgIpc) is 3.16. The van der Waals surface area contributed by atoms with Crippen LogP contribution in [0.2, 0.25) is 0 Å². The molecule has 3 rings (SSSR count). The molecule has 1 saturated heterocycles. The highest BCUT2D eigenvalue weighted by molar-refractivity contribution is 7.89. The van der Waals surface area contributed by atoms with E-state index in [2.05, 4.69) is 0 Å². The van der Waals surface area contributed by atoms with Crippen molar-refractivity contribution in [3.8, 4) is 22.6 Å². The Hall–Kier alpha value is -2.12. The van der Waals surface area contributed by atoms with Crippen molar-refractivity contribution in [2.24, 2.45) is 0 Å². The second-order valence-corrected chi connectivity index (χ2v) is 7.73. The number of sulfonamides is 1. The lowest BCUT2D eigenvalue weighted by Crippen LogP contribution is -2.28. The molecule has 0 spiro atoms. The maximum Gasteiger partial charge on any atom is 0.246 e. The molecule has 0 aromatic heterocycles. The van der Waals surface area contributed by atoms with E-state index in [9.17, 15) is 12.8 Å². The fourth-order valence-corrected chi connectivity index (χ4v) is 4.67. The first kappa shape index (κ1) is 17.7. The third kappa shape index (κ3) is 3.34. The van der Waals surface area contributed by atoms with Crippen LogP contribution in [0.1, 0.15) is 12.8 Å². The number of benzene rings is 2. The molecule has 0 saturated carbocycles. The van der Waals surface area contributed by atoms with Gasteiger partial charge in [0.15, 0.2) is 11.6 Å². The molecule has 2 aromatic rings. The van der Waals surface area contributed by atoms with Crippen LogP contribution >= 0.6 is 0 Å². The zero-order valence-corrected chi connectivity index (χ0v) is 15.0. The first-order valence-corrected chi connectivity index (χ1v) is 9.43. The number of halogens is 1. The van der Waals surface area contributed by atoms with E-state index in [-0.39, 0.29) is 16.4 Å². The van der Waals surface area contributed by atoms with Crippen molar-refractivity contribution in [1.82, 2.24) is 4.31 Å². The topological polar surface area (TPSA) is 55.8 Å². The Morgan fingerprint density at radius 1 is 0.920 bits per heavy atom. The van der Waals surface area contributed by atoms with Crippen LogP contribution in [0.3, 0.4) is 0 Å². The quantitative estimate of drug-likeness (QED) is 0.816. The molecule has 25 heavy (non-hydrogen) atoms. The van der Waals surface area contributed by atoms with E-state index in [0.29, 0.717) is 24.2 Å². The fourth-order valence-electron chi connectivity index (χ4n) is 2.97. The van der Waals surface area contributed by atoms with Gasteiger partial charge in [0.2, 0.25) is 10.0 Å². The molecule has 0 unspecified atom stereocenters. The highest BCUT2D eigenvalue weighted by Crippen LogP contribution is 2.34. The van der Waals surface area contributed by atoms with Crippen LogP contribution in [-0.2, 0) is 10.0 Å². The van der Waals surface area contributed by atoms with Crippen molar-refractivity contribution in [2.45, 2.75) is 17.7 Å². The summed E-state index contributed by atoms with van der Waals surface area (Å²) in [7, 11) is -0.814. The number of hydrogen-bond acceptors (Lipinski definition) is 4. The molecule has 1 fully saturated rings. The van der Waals surface area contributed by atoms with Gasteiger partial charge in [0.25, 0.3) is 0 Å². The average molecular weight is 365 g/mol. The molecule has 0 radical (unpaired) electrons. The lowest BCUT2D eigenvalue weighted by atomic mass is 10.1. The van der Waals surface area contributed by atoms with Gasteiger partial charge in [-0.2, -0.15) is 4.31 Å². The minimum atomic E-state index is -3.65. The maximum absolute atomic E-state index is 14.0. The maximum atomic E-state index is 14.0. The SMILES string of the molecule is COc1ccc(-c2ccc(OC)c(S(=O)(=O)N3CCCC3)c2)cc1F. The van der Waals surface area contributed by atoms with Gasteiger partial charge in [-0.3, -0.25) is 0 Å². The smallest absolute Gasteiger partial charge is 0.246 e. The summed E-state index contributed by atoms with van der Waals surface area (Å²) in [6, 6.07) is 9.38. The summed E-state index contributed by atoms with van der Waals surface area (Å²) in [6.07, 6.45) is 1.70. The number of ether oxygens (including phenoxy) is 2. The highest BCUT2D eigenvalue weighted by atomic mass is 32.2. The van der Waals surface area contributed by atoms with Crippen molar-refractivity contribution in [1.29, 1.82) is 0 Å². The molecule has 0 amide bonds. The van der Waals surface area contributed by atoms with E-state index < -0.39 is 15.8 Å². The zero-order chi connectivity index (χ0) is 18.0. The third-order valence-corrected chi connectivity index (χ3v) is 6.25. The number of rotatable bonds is 5. The van der Waals surface area contributed by atoms with Gasteiger partial charge in [-0.25, -0.2) is 12.8 Å². The van der Waals surface area contributed by atoms with Gasteiger partial charge >= 0.3 is 0 Å². The molecule has 0 aliphatic carbocycles. The predicted molar refractivity (Wildman–Crippen MR) is 92.9 cm³/mol. The molecule has 2 aromatic carbocycles. The van der Waals surface area contributed by atoms with Gasteiger partial charge in [0, 0.05) is 13.1 Å². The molecule has 0 N–H and O–H groups in total. The number of hydrogen-bond donors (Lipinski definition) is 0. The first-order chi connectivity index (χ1) is 12.0. The van der Waals surface area contributed by atoms with Crippen LogP contribution in [0, 0.1) is 5.82 Å². The van der Waals surface area contributed by atoms with E-state index in [1.165, 1.54) is 36.7 Å². The lowest BCUT2D eigenvalue weighted by Gasteiger charge is -2.18. The molecular weight excluding hydrogens is 345 g/mol. The monoisotopic (exact) mass is 365 g/mol. The van der Waals surface area contributed by atoms with Crippen LogP contribution in [0.25, 0.3) is 11.1 Å². The van der Waals surface area contributed by atoms with Crippen LogP contribution < -0.4 is 9.47 Å². The van der Waals surface area contributed by atoms with Crippen LogP contribution in [0.4, 0.5) is 4.39 Å². The van der Waals surface area contributed by atoms with Gasteiger partial charge in [0.1, 0.15) is 10.6 Å². The Morgan fingerprint density at radius 3 is 2.04 bits per heavy atom. The van der Waals surface area contributed by atoms with Crippen molar-refractivity contribution in [3.63, 3.8) is 0 Å². The van der Waals surface area contributed by atoms with Gasteiger partial charge in [-0.15, -0.1) is 0 Å². The summed E-state index contributed by atoms with van der Waals surface area (Å²) >= 11 is 0. The van der Waals surface area contributed by atoms with Crippen molar-refractivity contribution in [3.05, 3.63) is 42.2 Å². The first-order valence-electron chi connectivity index (χ1n) is 7.99. The molecule has 0 bridgehead atoms. The summed E-state index contributed by atoms with van der Waals surface area (Å²) in [5, 5.41) is 0. The van der Waals surface area contributed by atoms with Gasteiger partial charge in [-0.1, -0.05) is 12.1 Å². The normalized spacial score (nSPS) is 15.3. The summed E-state index contributed by atoms with van der Waals surface area (Å²) in [5.41, 5.74) is 1.17. The summed E-state index contributed by atoms with van der Waals surface area (Å²) in [6.45, 7) is 1.01. The van der Waals surface area contributed by atoms with Crippen molar-refractivity contribution < 1.29 is 22.3 Å². The standard InChI is InChI=1S/C18H20FNO4S/c1-23-16-7-5-13(11-15(16)19)14-6-8-17(24-2)18(12-14)25(21,22)20-9-3-4-10-20/h5-8,11-12H,3-4,9-10H2,1-2H3. The van der Waals surface area contributed by atoms with Crippen LogP contribution in [-0.4, -0.2) is 40.0 Å². The molecule has 1 aliphatic rings. The summed E-state index contributed by atoms with van der Waals surface area (Å²) in [4.78, 5) is 0.102. The van der Waals surface area contributed by atoms with Crippen molar-refractivity contribution >= 4 is 10.0 Å². The number of nitrogens with zero attached hydrogens (tertiary/aromatic N) is 1. The Kier molecular flexibility index (Phi) is 4.96. The molecule has 7 heteroatoms. The van der Waals surface area contributed by atoms with Crippen LogP contribution in [0.15, 0.2) is 41.3 Å². The summed E-state index contributed by atoms with van der Waals surface area (Å²) < 4.78 is 51.4. The van der Waals surface area contributed by atoms with Gasteiger partial charge in [-0.05, 0) is 48.2 Å². The molecule has 134 valence electrons. The largest absolute Gasteiger partial charge is 0.495 e. The molecule has 0 atom stereocenters. The predicted octanol–water partition coefficient (Wildman–Crippen LogP) is 3.29. The molecule has 1 aliphatic heterocycles. The lowest BCUT2D eigenvalue weighted by molar-refractivity contribution is 0.386. The number of methoxy groups -OCH3 is 2. The van der Waals surface area contributed by atoms with E-state index in [1.54, 1.807) is 18.2 Å². The second kappa shape index (κ2) is 7.01. The summed E-state index contributed by atoms with van der Waals surface area (Å²) in [5.74, 6) is -0.0772.